The number of hydrogen-bond donors (Lipinski definition) is 0. The lowest BCUT2D eigenvalue weighted by atomic mass is 9.67. The number of ketones is 1. The number of Topliss-reactive ketones (excluding diaryl/α,β-unsaturated/α-hetero) is 1. The Morgan fingerprint density at radius 2 is 2.05 bits per heavy atom. The molecule has 0 radical (unpaired) electrons. The fraction of sp³-hybridized carbons (Fsp3) is 0.625. The van der Waals surface area contributed by atoms with Crippen LogP contribution in [0, 0.1) is 17.8 Å². The van der Waals surface area contributed by atoms with Crippen molar-refractivity contribution in [2.24, 2.45) is 17.8 Å². The van der Waals surface area contributed by atoms with Crippen molar-refractivity contribution >= 4 is 11.7 Å². The summed E-state index contributed by atoms with van der Waals surface area (Å²) >= 11 is 0. The standard InChI is InChI=1S/C16H21NO3/c1-17(10-14-6-3-7-20-14)16(19)13-8-11-4-2-5-12(9-13)15(11)18/h3,6-7,11-13H,2,4-5,8-10H2,1H3/t11-,12+,13?. The summed E-state index contributed by atoms with van der Waals surface area (Å²) in [6.45, 7) is 0.506. The second-order valence-corrected chi connectivity index (χ2v) is 6.17. The van der Waals surface area contributed by atoms with E-state index in [1.165, 1.54) is 0 Å². The number of nitrogens with zero attached hydrogens (tertiary/aromatic N) is 1. The zero-order chi connectivity index (χ0) is 14.1. The van der Waals surface area contributed by atoms with Crippen LogP contribution in [0.15, 0.2) is 22.8 Å². The van der Waals surface area contributed by atoms with E-state index in [9.17, 15) is 9.59 Å². The molecule has 0 aromatic carbocycles. The fourth-order valence-corrected chi connectivity index (χ4v) is 3.71. The van der Waals surface area contributed by atoms with Crippen LogP contribution in [0.1, 0.15) is 37.9 Å². The van der Waals surface area contributed by atoms with Gasteiger partial charge in [-0.05, 0) is 37.8 Å². The van der Waals surface area contributed by atoms with Crippen LogP contribution >= 0.6 is 0 Å². The molecular weight excluding hydrogens is 254 g/mol. The molecule has 2 saturated carbocycles. The molecule has 2 aliphatic rings. The number of carbonyl (C=O) groups excluding carboxylic acids is 2. The van der Waals surface area contributed by atoms with Crippen molar-refractivity contribution in [2.45, 2.75) is 38.6 Å². The first-order chi connectivity index (χ1) is 9.65. The summed E-state index contributed by atoms with van der Waals surface area (Å²) in [7, 11) is 1.82. The summed E-state index contributed by atoms with van der Waals surface area (Å²) in [4.78, 5) is 26.3. The minimum absolute atomic E-state index is 0.0166. The summed E-state index contributed by atoms with van der Waals surface area (Å²) in [6.07, 6.45) is 6.21. The predicted octanol–water partition coefficient (Wildman–Crippen LogP) is 2.63. The molecule has 3 rings (SSSR count). The molecule has 2 fully saturated rings. The average Bonchev–Trinajstić information content (AvgIpc) is 2.90. The SMILES string of the molecule is CN(Cc1ccco1)C(=O)C1C[C@H]2CCC[C@@H](C1)C2=O. The Kier molecular flexibility index (Phi) is 3.64. The quantitative estimate of drug-likeness (QED) is 0.852. The third kappa shape index (κ3) is 2.51. The van der Waals surface area contributed by atoms with E-state index in [2.05, 4.69) is 0 Å². The molecule has 4 heteroatoms. The molecule has 2 aliphatic carbocycles. The Bertz CT molecular complexity index is 478. The van der Waals surface area contributed by atoms with Crippen LogP contribution < -0.4 is 0 Å². The second kappa shape index (κ2) is 5.43. The van der Waals surface area contributed by atoms with Gasteiger partial charge in [-0.25, -0.2) is 0 Å². The van der Waals surface area contributed by atoms with Gasteiger partial charge in [-0.3, -0.25) is 9.59 Å². The fourth-order valence-electron chi connectivity index (χ4n) is 3.71. The lowest BCUT2D eigenvalue weighted by molar-refractivity contribution is -0.142. The molecule has 0 saturated heterocycles. The third-order valence-corrected chi connectivity index (χ3v) is 4.75. The van der Waals surface area contributed by atoms with Crippen LogP contribution in [0.3, 0.4) is 0 Å². The van der Waals surface area contributed by atoms with E-state index in [0.717, 1.165) is 37.9 Å². The largest absolute Gasteiger partial charge is 0.467 e. The van der Waals surface area contributed by atoms with Gasteiger partial charge < -0.3 is 9.32 Å². The number of carbonyl (C=O) groups is 2. The maximum absolute atomic E-state index is 12.5. The van der Waals surface area contributed by atoms with Crippen molar-refractivity contribution < 1.29 is 14.0 Å². The molecule has 1 aromatic rings. The van der Waals surface area contributed by atoms with Gasteiger partial charge in [-0.15, -0.1) is 0 Å². The van der Waals surface area contributed by atoms with E-state index in [0.29, 0.717) is 12.3 Å². The summed E-state index contributed by atoms with van der Waals surface area (Å²) in [5.41, 5.74) is 0. The van der Waals surface area contributed by atoms with Gasteiger partial charge in [0.05, 0.1) is 12.8 Å². The van der Waals surface area contributed by atoms with Crippen molar-refractivity contribution in [3.63, 3.8) is 0 Å². The smallest absolute Gasteiger partial charge is 0.225 e. The average molecular weight is 275 g/mol. The summed E-state index contributed by atoms with van der Waals surface area (Å²) < 4.78 is 5.29. The summed E-state index contributed by atoms with van der Waals surface area (Å²) in [6, 6.07) is 3.71. The van der Waals surface area contributed by atoms with Gasteiger partial charge in [0, 0.05) is 24.8 Å². The van der Waals surface area contributed by atoms with E-state index < -0.39 is 0 Å². The molecule has 1 unspecified atom stereocenters. The zero-order valence-electron chi connectivity index (χ0n) is 11.9. The zero-order valence-corrected chi connectivity index (χ0v) is 11.9. The maximum atomic E-state index is 12.5. The van der Waals surface area contributed by atoms with Crippen LogP contribution in [-0.2, 0) is 16.1 Å². The van der Waals surface area contributed by atoms with Gasteiger partial charge in [0.2, 0.25) is 5.91 Å². The topological polar surface area (TPSA) is 50.5 Å². The highest BCUT2D eigenvalue weighted by molar-refractivity contribution is 5.88. The second-order valence-electron chi connectivity index (χ2n) is 6.17. The van der Waals surface area contributed by atoms with E-state index >= 15 is 0 Å². The highest BCUT2D eigenvalue weighted by Crippen LogP contribution is 2.40. The normalized spacial score (nSPS) is 29.2. The molecule has 108 valence electrons. The molecule has 1 heterocycles. The summed E-state index contributed by atoms with van der Waals surface area (Å²) in [5.74, 6) is 1.65. The van der Waals surface area contributed by atoms with Crippen molar-refractivity contribution in [3.05, 3.63) is 24.2 Å². The molecule has 0 N–H and O–H groups in total. The number of fused-ring (bicyclic) bond motifs is 2. The molecule has 1 aromatic heterocycles. The van der Waals surface area contributed by atoms with Gasteiger partial charge in [0.1, 0.15) is 11.5 Å². The van der Waals surface area contributed by atoms with Crippen LogP contribution in [0.2, 0.25) is 0 Å². The van der Waals surface area contributed by atoms with Gasteiger partial charge in [0.25, 0.3) is 0 Å². The molecule has 1 amide bonds. The minimum Gasteiger partial charge on any atom is -0.467 e. The van der Waals surface area contributed by atoms with Crippen LogP contribution in [0.5, 0.6) is 0 Å². The van der Waals surface area contributed by atoms with Gasteiger partial charge >= 0.3 is 0 Å². The van der Waals surface area contributed by atoms with Crippen molar-refractivity contribution in [1.29, 1.82) is 0 Å². The first-order valence-electron chi connectivity index (χ1n) is 7.46. The molecular formula is C16H21NO3. The number of furan rings is 1. The molecule has 0 spiro atoms. The van der Waals surface area contributed by atoms with Crippen molar-refractivity contribution in [3.8, 4) is 0 Å². The minimum atomic E-state index is 0.0166. The van der Waals surface area contributed by atoms with E-state index in [-0.39, 0.29) is 23.7 Å². The van der Waals surface area contributed by atoms with Crippen molar-refractivity contribution in [1.82, 2.24) is 4.90 Å². The Labute approximate surface area is 119 Å². The lowest BCUT2D eigenvalue weighted by Crippen LogP contribution is -2.42. The van der Waals surface area contributed by atoms with Gasteiger partial charge in [-0.2, -0.15) is 0 Å². The van der Waals surface area contributed by atoms with E-state index in [1.807, 2.05) is 19.2 Å². The first kappa shape index (κ1) is 13.4. The monoisotopic (exact) mass is 275 g/mol. The Morgan fingerprint density at radius 1 is 1.35 bits per heavy atom. The number of rotatable bonds is 3. The van der Waals surface area contributed by atoms with Gasteiger partial charge in [-0.1, -0.05) is 6.42 Å². The highest BCUT2D eigenvalue weighted by Gasteiger charge is 2.41. The molecule has 20 heavy (non-hydrogen) atoms. The Morgan fingerprint density at radius 3 is 2.65 bits per heavy atom. The number of hydrogen-bond acceptors (Lipinski definition) is 3. The Balaban J connectivity index is 1.64. The van der Waals surface area contributed by atoms with Crippen molar-refractivity contribution in [2.75, 3.05) is 7.05 Å². The summed E-state index contributed by atoms with van der Waals surface area (Å²) in [5, 5.41) is 0. The molecule has 4 nitrogen and oxygen atoms in total. The van der Waals surface area contributed by atoms with E-state index in [1.54, 1.807) is 11.2 Å². The van der Waals surface area contributed by atoms with E-state index in [4.69, 9.17) is 4.42 Å². The predicted molar refractivity (Wildman–Crippen MR) is 73.7 cm³/mol. The van der Waals surface area contributed by atoms with Crippen LogP contribution in [0.4, 0.5) is 0 Å². The van der Waals surface area contributed by atoms with Crippen LogP contribution in [0.25, 0.3) is 0 Å². The Hall–Kier alpha value is -1.58. The van der Waals surface area contributed by atoms with Crippen LogP contribution in [-0.4, -0.2) is 23.6 Å². The first-order valence-corrected chi connectivity index (χ1v) is 7.46. The molecule has 3 atom stereocenters. The van der Waals surface area contributed by atoms with Gasteiger partial charge in [0.15, 0.2) is 0 Å². The maximum Gasteiger partial charge on any atom is 0.225 e. The molecule has 2 bridgehead atoms. The lowest BCUT2D eigenvalue weighted by Gasteiger charge is -2.38. The third-order valence-electron chi connectivity index (χ3n) is 4.75. The highest BCUT2D eigenvalue weighted by atomic mass is 16.3. The number of amides is 1. The molecule has 0 aliphatic heterocycles.